The largest absolute Gasteiger partial charge is 0.492 e. The van der Waals surface area contributed by atoms with Gasteiger partial charge >= 0.3 is 0 Å². The van der Waals surface area contributed by atoms with Gasteiger partial charge < -0.3 is 10.1 Å². The molecule has 3 unspecified atom stereocenters. The number of hydrogen-bond acceptors (Lipinski definition) is 2. The molecule has 0 aromatic heterocycles. The summed E-state index contributed by atoms with van der Waals surface area (Å²) in [6.07, 6.45) is 4.99. The fourth-order valence-electron chi connectivity index (χ4n) is 3.13. The second-order valence-electron chi connectivity index (χ2n) is 5.71. The monoisotopic (exact) mass is 337 g/mol. The van der Waals surface area contributed by atoms with Gasteiger partial charge in [-0.05, 0) is 24.8 Å². The molecular formula is C16H20BrNO2. The van der Waals surface area contributed by atoms with Crippen LogP contribution < -0.4 is 10.1 Å². The van der Waals surface area contributed by atoms with E-state index in [2.05, 4.69) is 21.2 Å². The fourth-order valence-corrected chi connectivity index (χ4v) is 3.90. The highest BCUT2D eigenvalue weighted by Gasteiger charge is 2.31. The summed E-state index contributed by atoms with van der Waals surface area (Å²) >= 11 is 3.74. The minimum atomic E-state index is -0.149. The van der Waals surface area contributed by atoms with E-state index in [0.29, 0.717) is 17.4 Å². The zero-order valence-corrected chi connectivity index (χ0v) is 13.1. The van der Waals surface area contributed by atoms with Crippen LogP contribution in [-0.4, -0.2) is 23.9 Å². The maximum atomic E-state index is 12.4. The Bertz CT molecular complexity index is 491. The van der Waals surface area contributed by atoms with E-state index in [1.807, 2.05) is 24.3 Å². The molecule has 0 radical (unpaired) electrons. The molecule has 2 aliphatic rings. The Morgan fingerprint density at radius 1 is 1.30 bits per heavy atom. The van der Waals surface area contributed by atoms with E-state index in [4.69, 9.17) is 4.74 Å². The predicted molar refractivity (Wildman–Crippen MR) is 82.4 cm³/mol. The predicted octanol–water partition coefficient (Wildman–Crippen LogP) is 3.23. The SMILES string of the molecule is O=C(NCC1CCCCC1Br)C1COc2ccccc21. The third kappa shape index (κ3) is 2.85. The number of carbonyl (C=O) groups is 1. The maximum absolute atomic E-state index is 12.4. The lowest BCUT2D eigenvalue weighted by atomic mass is 9.89. The quantitative estimate of drug-likeness (QED) is 0.860. The lowest BCUT2D eigenvalue weighted by molar-refractivity contribution is -0.122. The number of fused-ring (bicyclic) bond motifs is 1. The van der Waals surface area contributed by atoms with Crippen molar-refractivity contribution in [2.24, 2.45) is 5.92 Å². The maximum Gasteiger partial charge on any atom is 0.231 e. The number of nitrogens with one attached hydrogen (secondary N) is 1. The van der Waals surface area contributed by atoms with Crippen LogP contribution in [0.2, 0.25) is 0 Å². The average molecular weight is 338 g/mol. The Balaban J connectivity index is 1.58. The Hall–Kier alpha value is -1.03. The highest BCUT2D eigenvalue weighted by molar-refractivity contribution is 9.09. The average Bonchev–Trinajstić information content (AvgIpc) is 2.90. The lowest BCUT2D eigenvalue weighted by Crippen LogP contribution is -2.37. The molecule has 1 saturated carbocycles. The van der Waals surface area contributed by atoms with Crippen molar-refractivity contribution in [2.75, 3.05) is 13.2 Å². The van der Waals surface area contributed by atoms with Crippen molar-refractivity contribution in [3.8, 4) is 5.75 Å². The molecule has 1 aromatic carbocycles. The van der Waals surface area contributed by atoms with Crippen LogP contribution in [0.1, 0.15) is 37.2 Å². The summed E-state index contributed by atoms with van der Waals surface area (Å²) in [4.78, 5) is 12.9. The number of halogens is 1. The highest BCUT2D eigenvalue weighted by Crippen LogP contribution is 2.34. The molecule has 0 saturated heterocycles. The van der Waals surface area contributed by atoms with Gasteiger partial charge in [-0.2, -0.15) is 0 Å². The van der Waals surface area contributed by atoms with Crippen molar-refractivity contribution in [3.05, 3.63) is 29.8 Å². The summed E-state index contributed by atoms with van der Waals surface area (Å²) in [6, 6.07) is 7.82. The van der Waals surface area contributed by atoms with Gasteiger partial charge in [0.25, 0.3) is 0 Å². The Morgan fingerprint density at radius 2 is 2.10 bits per heavy atom. The molecule has 108 valence electrons. The first-order valence-electron chi connectivity index (χ1n) is 7.39. The molecule has 1 aliphatic carbocycles. The van der Waals surface area contributed by atoms with Crippen LogP contribution in [0, 0.1) is 5.92 Å². The number of alkyl halides is 1. The fraction of sp³-hybridized carbons (Fsp3) is 0.562. The van der Waals surface area contributed by atoms with Crippen LogP contribution in [0.25, 0.3) is 0 Å². The number of para-hydroxylation sites is 1. The summed E-state index contributed by atoms with van der Waals surface area (Å²) < 4.78 is 5.58. The minimum absolute atomic E-state index is 0.0974. The van der Waals surface area contributed by atoms with Crippen molar-refractivity contribution >= 4 is 21.8 Å². The minimum Gasteiger partial charge on any atom is -0.492 e. The van der Waals surface area contributed by atoms with E-state index < -0.39 is 0 Å². The molecule has 1 amide bonds. The van der Waals surface area contributed by atoms with Crippen molar-refractivity contribution < 1.29 is 9.53 Å². The van der Waals surface area contributed by atoms with Crippen LogP contribution in [0.15, 0.2) is 24.3 Å². The van der Waals surface area contributed by atoms with Crippen molar-refractivity contribution in [1.29, 1.82) is 0 Å². The molecule has 3 nitrogen and oxygen atoms in total. The molecule has 3 rings (SSSR count). The van der Waals surface area contributed by atoms with Gasteiger partial charge in [0.2, 0.25) is 5.91 Å². The molecule has 1 heterocycles. The molecular weight excluding hydrogens is 318 g/mol. The summed E-state index contributed by atoms with van der Waals surface area (Å²) in [7, 11) is 0. The molecule has 0 bridgehead atoms. The van der Waals surface area contributed by atoms with E-state index >= 15 is 0 Å². The van der Waals surface area contributed by atoms with E-state index in [-0.39, 0.29) is 11.8 Å². The molecule has 1 fully saturated rings. The van der Waals surface area contributed by atoms with E-state index in [1.165, 1.54) is 25.7 Å². The first-order valence-corrected chi connectivity index (χ1v) is 8.31. The normalized spacial score (nSPS) is 28.6. The van der Waals surface area contributed by atoms with E-state index in [9.17, 15) is 4.79 Å². The van der Waals surface area contributed by atoms with Gasteiger partial charge in [0.1, 0.15) is 18.3 Å². The number of amides is 1. The number of carbonyl (C=O) groups excluding carboxylic acids is 1. The van der Waals surface area contributed by atoms with Gasteiger partial charge in [0.05, 0.1) is 0 Å². The van der Waals surface area contributed by atoms with Crippen molar-refractivity contribution in [2.45, 2.75) is 36.4 Å². The van der Waals surface area contributed by atoms with Gasteiger partial charge in [-0.25, -0.2) is 0 Å². The zero-order chi connectivity index (χ0) is 13.9. The Labute approximate surface area is 128 Å². The Morgan fingerprint density at radius 3 is 2.95 bits per heavy atom. The van der Waals surface area contributed by atoms with Crippen molar-refractivity contribution in [1.82, 2.24) is 5.32 Å². The number of benzene rings is 1. The summed E-state index contributed by atoms with van der Waals surface area (Å²) in [6.45, 7) is 1.24. The highest BCUT2D eigenvalue weighted by atomic mass is 79.9. The van der Waals surface area contributed by atoms with Crippen LogP contribution >= 0.6 is 15.9 Å². The molecule has 0 spiro atoms. The Kier molecular flexibility index (Phi) is 4.29. The van der Waals surface area contributed by atoms with Crippen LogP contribution in [0.3, 0.4) is 0 Å². The van der Waals surface area contributed by atoms with Gasteiger partial charge in [0, 0.05) is 16.9 Å². The van der Waals surface area contributed by atoms with Crippen LogP contribution in [-0.2, 0) is 4.79 Å². The van der Waals surface area contributed by atoms with Crippen LogP contribution in [0.4, 0.5) is 0 Å². The number of ether oxygens (including phenoxy) is 1. The number of hydrogen-bond donors (Lipinski definition) is 1. The van der Waals surface area contributed by atoms with Gasteiger partial charge in [-0.3, -0.25) is 4.79 Å². The van der Waals surface area contributed by atoms with Gasteiger partial charge in [0.15, 0.2) is 0 Å². The third-order valence-corrected chi connectivity index (χ3v) is 5.58. The molecule has 20 heavy (non-hydrogen) atoms. The first-order chi connectivity index (χ1) is 9.75. The first kappa shape index (κ1) is 13.9. The van der Waals surface area contributed by atoms with E-state index in [1.54, 1.807) is 0 Å². The van der Waals surface area contributed by atoms with Gasteiger partial charge in [-0.1, -0.05) is 47.0 Å². The second kappa shape index (κ2) is 6.17. The molecule has 4 heteroatoms. The summed E-state index contributed by atoms with van der Waals surface area (Å²) in [5, 5.41) is 3.12. The molecule has 3 atom stereocenters. The second-order valence-corrected chi connectivity index (χ2v) is 6.88. The molecule has 1 N–H and O–H groups in total. The smallest absolute Gasteiger partial charge is 0.231 e. The van der Waals surface area contributed by atoms with E-state index in [0.717, 1.165) is 17.9 Å². The van der Waals surface area contributed by atoms with Crippen molar-refractivity contribution in [3.63, 3.8) is 0 Å². The topological polar surface area (TPSA) is 38.3 Å². The van der Waals surface area contributed by atoms with Gasteiger partial charge in [-0.15, -0.1) is 0 Å². The van der Waals surface area contributed by atoms with Crippen LogP contribution in [0.5, 0.6) is 5.75 Å². The summed E-state index contributed by atoms with van der Waals surface area (Å²) in [5.41, 5.74) is 1.02. The molecule has 1 aromatic rings. The third-order valence-electron chi connectivity index (χ3n) is 4.37. The molecule has 1 aliphatic heterocycles. The standard InChI is InChI=1S/C16H20BrNO2/c17-14-7-3-1-5-11(14)9-18-16(19)13-10-20-15-8-4-2-6-12(13)15/h2,4,6,8,11,13-14H,1,3,5,7,9-10H2,(H,18,19). The zero-order valence-electron chi connectivity index (χ0n) is 11.5. The number of rotatable bonds is 3. The summed E-state index contributed by atoms with van der Waals surface area (Å²) in [5.74, 6) is 1.36. The lowest BCUT2D eigenvalue weighted by Gasteiger charge is -2.27.